The first-order chi connectivity index (χ1) is 13.5. The Morgan fingerprint density at radius 1 is 0.929 bits per heavy atom. The van der Waals surface area contributed by atoms with E-state index in [1.54, 1.807) is 24.3 Å². The standard InChI is InChI=1S/C23H22N2O3/c1-13-4-2-3-5-18(13)24-21(26)14-8-10-17(11-9-14)25-22(27)19-15-6-7-16(12-15)20(19)23(25)28/h2-5,8-11,15-16,19-20H,6-7,12H2,1H3,(H,24,26)/t15-,16+,19-,20+. The minimum Gasteiger partial charge on any atom is -0.322 e. The topological polar surface area (TPSA) is 66.5 Å². The lowest BCUT2D eigenvalue weighted by atomic mass is 9.81. The van der Waals surface area contributed by atoms with Crippen LogP contribution >= 0.6 is 0 Å². The van der Waals surface area contributed by atoms with Gasteiger partial charge in [0.25, 0.3) is 5.91 Å². The number of benzene rings is 2. The van der Waals surface area contributed by atoms with Crippen LogP contribution in [-0.4, -0.2) is 17.7 Å². The predicted octanol–water partition coefficient (Wildman–Crippen LogP) is 3.78. The lowest BCUT2D eigenvalue weighted by Crippen LogP contribution is -2.32. The average molecular weight is 374 g/mol. The smallest absolute Gasteiger partial charge is 0.255 e. The maximum absolute atomic E-state index is 12.9. The summed E-state index contributed by atoms with van der Waals surface area (Å²) < 4.78 is 0. The van der Waals surface area contributed by atoms with Crippen molar-refractivity contribution in [2.45, 2.75) is 26.2 Å². The van der Waals surface area contributed by atoms with Crippen molar-refractivity contribution in [2.75, 3.05) is 10.2 Å². The van der Waals surface area contributed by atoms with E-state index in [2.05, 4.69) is 5.32 Å². The van der Waals surface area contributed by atoms with Crippen LogP contribution in [0.3, 0.4) is 0 Å². The molecule has 1 heterocycles. The molecule has 2 bridgehead atoms. The monoisotopic (exact) mass is 374 g/mol. The molecule has 2 saturated carbocycles. The molecule has 3 fully saturated rings. The van der Waals surface area contributed by atoms with Crippen molar-refractivity contribution in [1.29, 1.82) is 0 Å². The average Bonchev–Trinajstić information content (AvgIpc) is 3.38. The molecule has 0 spiro atoms. The Bertz CT molecular complexity index is 954. The third kappa shape index (κ3) is 2.49. The number of anilines is 2. The van der Waals surface area contributed by atoms with E-state index in [-0.39, 0.29) is 29.6 Å². The van der Waals surface area contributed by atoms with Crippen LogP contribution in [0.5, 0.6) is 0 Å². The second kappa shape index (κ2) is 6.30. The molecule has 2 aliphatic carbocycles. The van der Waals surface area contributed by atoms with E-state index in [1.165, 1.54) is 4.90 Å². The first-order valence-corrected chi connectivity index (χ1v) is 9.89. The molecule has 1 N–H and O–H groups in total. The molecule has 5 nitrogen and oxygen atoms in total. The number of carbonyl (C=O) groups excluding carboxylic acids is 3. The van der Waals surface area contributed by atoms with E-state index in [1.807, 2.05) is 31.2 Å². The van der Waals surface area contributed by atoms with Gasteiger partial charge < -0.3 is 5.32 Å². The van der Waals surface area contributed by atoms with Crippen LogP contribution in [0.15, 0.2) is 48.5 Å². The summed E-state index contributed by atoms with van der Waals surface area (Å²) >= 11 is 0. The van der Waals surface area contributed by atoms with Gasteiger partial charge in [-0.1, -0.05) is 18.2 Å². The maximum Gasteiger partial charge on any atom is 0.255 e. The van der Waals surface area contributed by atoms with Crippen LogP contribution in [-0.2, 0) is 9.59 Å². The van der Waals surface area contributed by atoms with Gasteiger partial charge in [-0.05, 0) is 73.9 Å². The summed E-state index contributed by atoms with van der Waals surface area (Å²) in [5, 5.41) is 2.90. The summed E-state index contributed by atoms with van der Waals surface area (Å²) in [7, 11) is 0. The molecule has 1 aliphatic heterocycles. The molecule has 1 saturated heterocycles. The zero-order chi connectivity index (χ0) is 19.4. The predicted molar refractivity (Wildman–Crippen MR) is 106 cm³/mol. The van der Waals surface area contributed by atoms with Crippen LogP contribution < -0.4 is 10.2 Å². The quantitative estimate of drug-likeness (QED) is 0.832. The third-order valence-corrected chi connectivity index (χ3v) is 6.71. The van der Waals surface area contributed by atoms with Crippen molar-refractivity contribution in [2.24, 2.45) is 23.7 Å². The number of hydrogen-bond acceptors (Lipinski definition) is 3. The van der Waals surface area contributed by atoms with Gasteiger partial charge in [-0.25, -0.2) is 0 Å². The summed E-state index contributed by atoms with van der Waals surface area (Å²) in [6.07, 6.45) is 3.16. The number of aryl methyl sites for hydroxylation is 1. The number of imide groups is 1. The SMILES string of the molecule is Cc1ccccc1NC(=O)c1ccc(N2C(=O)[C@@H]3[C@@H]4CC[C@@H](C4)[C@@H]3C2=O)cc1. The van der Waals surface area contributed by atoms with E-state index in [0.29, 0.717) is 23.1 Å². The highest BCUT2D eigenvalue weighted by Crippen LogP contribution is 2.56. The van der Waals surface area contributed by atoms with Gasteiger partial charge in [0.05, 0.1) is 17.5 Å². The zero-order valence-corrected chi connectivity index (χ0v) is 15.7. The maximum atomic E-state index is 12.9. The number of nitrogens with zero attached hydrogens (tertiary/aromatic N) is 1. The second-order valence-electron chi connectivity index (χ2n) is 8.21. The van der Waals surface area contributed by atoms with Crippen molar-refractivity contribution in [3.63, 3.8) is 0 Å². The molecule has 0 aromatic heterocycles. The van der Waals surface area contributed by atoms with Gasteiger partial charge >= 0.3 is 0 Å². The van der Waals surface area contributed by atoms with E-state index in [0.717, 1.165) is 30.5 Å². The summed E-state index contributed by atoms with van der Waals surface area (Å²) in [6, 6.07) is 14.3. The molecule has 2 aromatic carbocycles. The van der Waals surface area contributed by atoms with Gasteiger partial charge in [0.2, 0.25) is 11.8 Å². The Hall–Kier alpha value is -2.95. The fourth-order valence-electron chi connectivity index (χ4n) is 5.33. The third-order valence-electron chi connectivity index (χ3n) is 6.71. The van der Waals surface area contributed by atoms with Crippen LogP contribution in [0.2, 0.25) is 0 Å². The largest absolute Gasteiger partial charge is 0.322 e. The molecule has 2 aromatic rings. The van der Waals surface area contributed by atoms with Crippen molar-refractivity contribution in [3.05, 3.63) is 59.7 Å². The fourth-order valence-corrected chi connectivity index (χ4v) is 5.33. The van der Waals surface area contributed by atoms with Crippen molar-refractivity contribution >= 4 is 29.1 Å². The summed E-state index contributed by atoms with van der Waals surface area (Å²) in [4.78, 5) is 39.7. The molecular formula is C23H22N2O3. The fraction of sp³-hybridized carbons (Fsp3) is 0.348. The minimum absolute atomic E-state index is 0.0562. The van der Waals surface area contributed by atoms with Crippen LogP contribution in [0, 0.1) is 30.6 Å². The van der Waals surface area contributed by atoms with E-state index in [9.17, 15) is 14.4 Å². The minimum atomic E-state index is -0.213. The molecule has 28 heavy (non-hydrogen) atoms. The Balaban J connectivity index is 1.36. The zero-order valence-electron chi connectivity index (χ0n) is 15.7. The molecule has 4 atom stereocenters. The van der Waals surface area contributed by atoms with E-state index < -0.39 is 0 Å². The number of rotatable bonds is 3. The van der Waals surface area contributed by atoms with Gasteiger partial charge in [0.15, 0.2) is 0 Å². The van der Waals surface area contributed by atoms with Gasteiger partial charge in [0.1, 0.15) is 0 Å². The molecule has 0 unspecified atom stereocenters. The number of hydrogen-bond donors (Lipinski definition) is 1. The molecule has 3 aliphatic rings. The summed E-state index contributed by atoms with van der Waals surface area (Å²) in [5.41, 5.74) is 2.81. The van der Waals surface area contributed by atoms with Crippen LogP contribution in [0.4, 0.5) is 11.4 Å². The summed E-state index contributed by atoms with van der Waals surface area (Å²) in [6.45, 7) is 1.94. The molecular weight excluding hydrogens is 352 g/mol. The lowest BCUT2D eigenvalue weighted by molar-refractivity contribution is -0.123. The van der Waals surface area contributed by atoms with Crippen molar-refractivity contribution in [3.8, 4) is 0 Å². The highest BCUT2D eigenvalue weighted by molar-refractivity contribution is 6.22. The number of amides is 3. The summed E-state index contributed by atoms with van der Waals surface area (Å²) in [5.74, 6) is 0.158. The van der Waals surface area contributed by atoms with Gasteiger partial charge in [0, 0.05) is 11.3 Å². The highest BCUT2D eigenvalue weighted by Gasteiger charge is 2.61. The molecule has 5 rings (SSSR count). The van der Waals surface area contributed by atoms with Crippen LogP contribution in [0.25, 0.3) is 0 Å². The Kier molecular flexibility index (Phi) is 3.86. The normalized spacial score (nSPS) is 28.0. The van der Waals surface area contributed by atoms with Crippen LogP contribution in [0.1, 0.15) is 35.2 Å². The van der Waals surface area contributed by atoms with Gasteiger partial charge in [-0.2, -0.15) is 0 Å². The van der Waals surface area contributed by atoms with E-state index >= 15 is 0 Å². The Labute approximate surface area is 163 Å². The number of carbonyl (C=O) groups is 3. The van der Waals surface area contributed by atoms with E-state index in [4.69, 9.17) is 0 Å². The number of nitrogens with one attached hydrogen (secondary N) is 1. The highest BCUT2D eigenvalue weighted by atomic mass is 16.2. The Morgan fingerprint density at radius 3 is 2.14 bits per heavy atom. The Morgan fingerprint density at radius 2 is 1.54 bits per heavy atom. The first-order valence-electron chi connectivity index (χ1n) is 9.89. The number of fused-ring (bicyclic) bond motifs is 5. The molecule has 3 amide bonds. The molecule has 142 valence electrons. The second-order valence-corrected chi connectivity index (χ2v) is 8.21. The first kappa shape index (κ1) is 17.2. The number of para-hydroxylation sites is 1. The lowest BCUT2D eigenvalue weighted by Gasteiger charge is -2.19. The van der Waals surface area contributed by atoms with Crippen molar-refractivity contribution < 1.29 is 14.4 Å². The van der Waals surface area contributed by atoms with Crippen molar-refractivity contribution in [1.82, 2.24) is 0 Å². The molecule has 5 heteroatoms. The van der Waals surface area contributed by atoms with Gasteiger partial charge in [-0.15, -0.1) is 0 Å². The van der Waals surface area contributed by atoms with Gasteiger partial charge in [-0.3, -0.25) is 19.3 Å². The molecule has 0 radical (unpaired) electrons.